The van der Waals surface area contributed by atoms with E-state index >= 15 is 0 Å². The lowest BCUT2D eigenvalue weighted by Gasteiger charge is -2.31. The molecule has 5 heteroatoms. The number of halogens is 1. The average Bonchev–Trinajstić information content (AvgIpc) is 2.69. The van der Waals surface area contributed by atoms with E-state index in [0.29, 0.717) is 0 Å². The Labute approximate surface area is 171 Å². The van der Waals surface area contributed by atoms with Crippen LogP contribution in [-0.2, 0) is 25.5 Å². The SMILES string of the molecule is CCOC(=O)CC(=O)O[C@@H]1c2ccc3c(ccc4ccccc43)c2CC[C@H]1Br. The van der Waals surface area contributed by atoms with E-state index in [1.165, 1.54) is 27.1 Å². The number of alkyl halides is 1. The lowest BCUT2D eigenvalue weighted by molar-refractivity contribution is -0.158. The van der Waals surface area contributed by atoms with Crippen LogP contribution in [0.5, 0.6) is 0 Å². The highest BCUT2D eigenvalue weighted by Crippen LogP contribution is 2.41. The minimum absolute atomic E-state index is 0.0176. The molecule has 3 aromatic carbocycles. The fourth-order valence-corrected chi connectivity index (χ4v) is 4.61. The van der Waals surface area contributed by atoms with E-state index in [1.54, 1.807) is 6.92 Å². The molecular weight excluding hydrogens is 420 g/mol. The van der Waals surface area contributed by atoms with Crippen molar-refractivity contribution in [3.8, 4) is 0 Å². The molecule has 1 aliphatic carbocycles. The van der Waals surface area contributed by atoms with E-state index in [-0.39, 0.29) is 17.9 Å². The Morgan fingerprint density at radius 1 is 1.00 bits per heavy atom. The number of rotatable bonds is 4. The molecule has 0 saturated carbocycles. The molecule has 4 rings (SSSR count). The Morgan fingerprint density at radius 2 is 1.79 bits per heavy atom. The number of carbonyl (C=O) groups is 2. The van der Waals surface area contributed by atoms with Gasteiger partial charge >= 0.3 is 11.9 Å². The summed E-state index contributed by atoms with van der Waals surface area (Å²) in [6.45, 7) is 1.96. The summed E-state index contributed by atoms with van der Waals surface area (Å²) in [6.07, 6.45) is 0.988. The molecule has 0 fully saturated rings. The summed E-state index contributed by atoms with van der Waals surface area (Å²) < 4.78 is 10.5. The maximum Gasteiger partial charge on any atom is 0.317 e. The second-order valence-electron chi connectivity index (χ2n) is 6.96. The van der Waals surface area contributed by atoms with Gasteiger partial charge in [-0.3, -0.25) is 9.59 Å². The minimum Gasteiger partial charge on any atom is -0.466 e. The molecule has 4 nitrogen and oxygen atoms in total. The predicted molar refractivity (Wildman–Crippen MR) is 113 cm³/mol. The van der Waals surface area contributed by atoms with Crippen LogP contribution in [0.15, 0.2) is 48.5 Å². The Morgan fingerprint density at radius 3 is 2.61 bits per heavy atom. The summed E-state index contributed by atoms with van der Waals surface area (Å²) in [4.78, 5) is 23.9. The normalized spacial score (nSPS) is 18.6. The smallest absolute Gasteiger partial charge is 0.317 e. The van der Waals surface area contributed by atoms with E-state index in [1.807, 2.05) is 6.07 Å². The Kier molecular flexibility index (Phi) is 5.36. The van der Waals surface area contributed by atoms with E-state index in [9.17, 15) is 9.59 Å². The number of fused-ring (bicyclic) bond motifs is 5. The molecule has 28 heavy (non-hydrogen) atoms. The summed E-state index contributed by atoms with van der Waals surface area (Å²) in [5, 5.41) is 4.84. The van der Waals surface area contributed by atoms with Gasteiger partial charge in [0.25, 0.3) is 0 Å². The molecule has 0 unspecified atom stereocenters. The van der Waals surface area contributed by atoms with Gasteiger partial charge in [0.1, 0.15) is 12.5 Å². The number of ether oxygens (including phenoxy) is 2. The quantitative estimate of drug-likeness (QED) is 0.241. The van der Waals surface area contributed by atoms with Crippen LogP contribution in [0.25, 0.3) is 21.5 Å². The van der Waals surface area contributed by atoms with Crippen LogP contribution in [0, 0.1) is 0 Å². The molecule has 1 aliphatic rings. The van der Waals surface area contributed by atoms with Crippen LogP contribution in [0.1, 0.15) is 37.0 Å². The van der Waals surface area contributed by atoms with Crippen molar-refractivity contribution in [3.05, 3.63) is 59.7 Å². The van der Waals surface area contributed by atoms with E-state index in [2.05, 4.69) is 58.4 Å². The molecule has 2 atom stereocenters. The van der Waals surface area contributed by atoms with Crippen molar-refractivity contribution in [1.29, 1.82) is 0 Å². The van der Waals surface area contributed by atoms with E-state index in [4.69, 9.17) is 9.47 Å². The third-order valence-corrected chi connectivity index (χ3v) is 6.17. The van der Waals surface area contributed by atoms with Crippen molar-refractivity contribution >= 4 is 49.4 Å². The Bertz CT molecular complexity index is 1060. The van der Waals surface area contributed by atoms with Crippen LogP contribution >= 0.6 is 15.9 Å². The van der Waals surface area contributed by atoms with Crippen molar-refractivity contribution in [2.45, 2.75) is 37.1 Å². The number of esters is 2. The summed E-state index contributed by atoms with van der Waals surface area (Å²) >= 11 is 3.66. The zero-order chi connectivity index (χ0) is 19.7. The molecular formula is C23H21BrO4. The molecule has 0 aliphatic heterocycles. The fraction of sp³-hybridized carbons (Fsp3) is 0.304. The highest BCUT2D eigenvalue weighted by molar-refractivity contribution is 9.09. The number of hydrogen-bond acceptors (Lipinski definition) is 4. The summed E-state index contributed by atoms with van der Waals surface area (Å²) in [6, 6.07) is 16.8. The zero-order valence-electron chi connectivity index (χ0n) is 15.6. The number of hydrogen-bond donors (Lipinski definition) is 0. The van der Waals surface area contributed by atoms with Crippen LogP contribution in [0.2, 0.25) is 0 Å². The predicted octanol–water partition coefficient (Wildman–Crippen LogP) is 5.24. The van der Waals surface area contributed by atoms with Crippen molar-refractivity contribution in [2.75, 3.05) is 6.61 Å². The first kappa shape index (κ1) is 18.9. The van der Waals surface area contributed by atoms with Crippen molar-refractivity contribution < 1.29 is 19.1 Å². The lowest BCUT2D eigenvalue weighted by atomic mass is 9.84. The van der Waals surface area contributed by atoms with Gasteiger partial charge in [0, 0.05) is 0 Å². The number of carbonyl (C=O) groups excluding carboxylic acids is 2. The Balaban J connectivity index is 1.70. The van der Waals surface area contributed by atoms with Crippen molar-refractivity contribution in [2.24, 2.45) is 0 Å². The Hall–Kier alpha value is -2.40. The van der Waals surface area contributed by atoms with Gasteiger partial charge in [0.15, 0.2) is 0 Å². The van der Waals surface area contributed by atoms with Crippen LogP contribution < -0.4 is 0 Å². The third-order valence-electron chi connectivity index (χ3n) is 5.23. The van der Waals surface area contributed by atoms with Gasteiger partial charge in [-0.05, 0) is 52.4 Å². The van der Waals surface area contributed by atoms with Crippen molar-refractivity contribution in [1.82, 2.24) is 0 Å². The van der Waals surface area contributed by atoms with Gasteiger partial charge in [0.05, 0.1) is 11.4 Å². The average molecular weight is 441 g/mol. The highest BCUT2D eigenvalue weighted by Gasteiger charge is 2.32. The summed E-state index contributed by atoms with van der Waals surface area (Å²) in [7, 11) is 0. The summed E-state index contributed by atoms with van der Waals surface area (Å²) in [5.41, 5.74) is 2.22. The lowest BCUT2D eigenvalue weighted by Crippen LogP contribution is -2.26. The molecule has 0 aromatic heterocycles. The van der Waals surface area contributed by atoms with Crippen molar-refractivity contribution in [3.63, 3.8) is 0 Å². The molecule has 0 amide bonds. The van der Waals surface area contributed by atoms with Gasteiger partial charge in [-0.2, -0.15) is 0 Å². The second-order valence-corrected chi connectivity index (χ2v) is 8.14. The molecule has 0 saturated heterocycles. The topological polar surface area (TPSA) is 52.6 Å². The first-order valence-corrected chi connectivity index (χ1v) is 10.4. The van der Waals surface area contributed by atoms with E-state index in [0.717, 1.165) is 18.4 Å². The first-order valence-electron chi connectivity index (χ1n) is 9.51. The molecule has 0 N–H and O–H groups in total. The molecule has 144 valence electrons. The van der Waals surface area contributed by atoms with Crippen LogP contribution in [0.4, 0.5) is 0 Å². The van der Waals surface area contributed by atoms with Gasteiger partial charge < -0.3 is 9.47 Å². The maximum absolute atomic E-state index is 12.2. The molecule has 0 spiro atoms. The fourth-order valence-electron chi connectivity index (χ4n) is 3.99. The molecule has 3 aromatic rings. The second kappa shape index (κ2) is 7.92. The minimum atomic E-state index is -0.556. The highest BCUT2D eigenvalue weighted by atomic mass is 79.9. The van der Waals surface area contributed by atoms with Gasteiger partial charge in [-0.1, -0.05) is 64.5 Å². The first-order chi connectivity index (χ1) is 13.6. The maximum atomic E-state index is 12.2. The zero-order valence-corrected chi connectivity index (χ0v) is 17.2. The number of benzene rings is 3. The van der Waals surface area contributed by atoms with Gasteiger partial charge in [-0.25, -0.2) is 0 Å². The third kappa shape index (κ3) is 3.51. The van der Waals surface area contributed by atoms with E-state index < -0.39 is 18.0 Å². The monoisotopic (exact) mass is 440 g/mol. The number of aryl methyl sites for hydroxylation is 1. The van der Waals surface area contributed by atoms with Gasteiger partial charge in [0.2, 0.25) is 0 Å². The largest absolute Gasteiger partial charge is 0.466 e. The standard InChI is InChI=1S/C23H21BrO4/c1-2-27-21(25)13-22(26)28-23-19-10-9-16-15-6-4-3-5-14(15)7-8-17(16)18(19)11-12-20(23)24/h3-10,20,23H,2,11-13H2,1H3/t20-,23-/m1/s1. The van der Waals surface area contributed by atoms with Crippen LogP contribution in [-0.4, -0.2) is 23.4 Å². The molecule has 0 bridgehead atoms. The summed E-state index contributed by atoms with van der Waals surface area (Å²) in [5.74, 6) is -1.11. The molecule has 0 radical (unpaired) electrons. The van der Waals surface area contributed by atoms with Crippen LogP contribution in [0.3, 0.4) is 0 Å². The van der Waals surface area contributed by atoms with Gasteiger partial charge in [-0.15, -0.1) is 0 Å². The molecule has 0 heterocycles.